The van der Waals surface area contributed by atoms with Gasteiger partial charge in [0.25, 0.3) is 0 Å². The standard InChI is InChI=1S/C7H7NO2S/c9-7-8-5(4-10-7)6-2-1-3-11-6/h1-3,5H,4H2,(H,8,9)/t5-/m1/s1. The number of hydrogen-bond acceptors (Lipinski definition) is 3. The maximum absolute atomic E-state index is 10.6. The summed E-state index contributed by atoms with van der Waals surface area (Å²) in [5.74, 6) is 0. The molecule has 2 heterocycles. The maximum Gasteiger partial charge on any atom is 0.407 e. The van der Waals surface area contributed by atoms with Gasteiger partial charge in [-0.25, -0.2) is 4.79 Å². The zero-order valence-electron chi connectivity index (χ0n) is 5.74. The van der Waals surface area contributed by atoms with Crippen molar-refractivity contribution < 1.29 is 9.53 Å². The van der Waals surface area contributed by atoms with E-state index in [0.29, 0.717) is 6.61 Å². The molecule has 0 unspecified atom stereocenters. The number of hydrogen-bond donors (Lipinski definition) is 1. The number of cyclic esters (lactones) is 1. The van der Waals surface area contributed by atoms with Crippen molar-refractivity contribution in [2.24, 2.45) is 0 Å². The molecule has 1 saturated heterocycles. The fourth-order valence-electron chi connectivity index (χ4n) is 1.03. The Kier molecular flexibility index (Phi) is 1.54. The van der Waals surface area contributed by atoms with E-state index < -0.39 is 0 Å². The van der Waals surface area contributed by atoms with E-state index in [1.807, 2.05) is 17.5 Å². The molecule has 0 bridgehead atoms. The minimum Gasteiger partial charge on any atom is -0.447 e. The Morgan fingerprint density at radius 1 is 1.73 bits per heavy atom. The molecular formula is C7H7NO2S. The lowest BCUT2D eigenvalue weighted by Gasteiger charge is -2.01. The molecule has 0 saturated carbocycles. The van der Waals surface area contributed by atoms with Crippen LogP contribution >= 0.6 is 11.3 Å². The first kappa shape index (κ1) is 6.67. The molecule has 1 amide bonds. The van der Waals surface area contributed by atoms with Gasteiger partial charge < -0.3 is 10.1 Å². The Labute approximate surface area is 68.0 Å². The third-order valence-corrected chi connectivity index (χ3v) is 2.55. The summed E-state index contributed by atoms with van der Waals surface area (Å²) < 4.78 is 4.75. The average Bonchev–Trinajstić information content (AvgIpc) is 2.55. The van der Waals surface area contributed by atoms with E-state index in [4.69, 9.17) is 4.74 Å². The second-order valence-electron chi connectivity index (χ2n) is 2.31. The number of ether oxygens (including phenoxy) is 1. The summed E-state index contributed by atoms with van der Waals surface area (Å²) in [4.78, 5) is 11.8. The van der Waals surface area contributed by atoms with Crippen LogP contribution in [0.3, 0.4) is 0 Å². The summed E-state index contributed by atoms with van der Waals surface area (Å²) >= 11 is 1.63. The number of carbonyl (C=O) groups is 1. The Balaban J connectivity index is 2.13. The van der Waals surface area contributed by atoms with Crippen LogP contribution in [-0.4, -0.2) is 12.7 Å². The van der Waals surface area contributed by atoms with Crippen molar-refractivity contribution in [3.8, 4) is 0 Å². The molecule has 0 spiro atoms. The maximum atomic E-state index is 10.6. The topological polar surface area (TPSA) is 38.3 Å². The molecule has 4 heteroatoms. The molecule has 2 rings (SSSR count). The van der Waals surface area contributed by atoms with Gasteiger partial charge in [-0.05, 0) is 11.4 Å². The van der Waals surface area contributed by atoms with Crippen LogP contribution in [0, 0.1) is 0 Å². The number of rotatable bonds is 1. The van der Waals surface area contributed by atoms with Crippen LogP contribution in [0.15, 0.2) is 17.5 Å². The van der Waals surface area contributed by atoms with Crippen LogP contribution in [0.1, 0.15) is 10.9 Å². The molecule has 1 aromatic rings. The van der Waals surface area contributed by atoms with Crippen LogP contribution in [-0.2, 0) is 4.74 Å². The van der Waals surface area contributed by atoms with Crippen molar-refractivity contribution in [3.05, 3.63) is 22.4 Å². The number of nitrogens with one attached hydrogen (secondary N) is 1. The van der Waals surface area contributed by atoms with E-state index in [9.17, 15) is 4.79 Å². The van der Waals surface area contributed by atoms with Crippen LogP contribution < -0.4 is 5.32 Å². The highest BCUT2D eigenvalue weighted by atomic mass is 32.1. The van der Waals surface area contributed by atoms with E-state index in [0.717, 1.165) is 4.88 Å². The molecule has 1 N–H and O–H groups in total. The summed E-state index contributed by atoms with van der Waals surface area (Å²) in [6, 6.07) is 4.02. The van der Waals surface area contributed by atoms with Crippen molar-refractivity contribution >= 4 is 17.4 Å². The second-order valence-corrected chi connectivity index (χ2v) is 3.29. The molecule has 3 nitrogen and oxygen atoms in total. The summed E-state index contributed by atoms with van der Waals surface area (Å²) in [5, 5.41) is 4.69. The van der Waals surface area contributed by atoms with Gasteiger partial charge in [0.05, 0.1) is 0 Å². The van der Waals surface area contributed by atoms with Gasteiger partial charge in [-0.1, -0.05) is 6.07 Å². The van der Waals surface area contributed by atoms with Gasteiger partial charge in [-0.2, -0.15) is 0 Å². The first-order valence-electron chi connectivity index (χ1n) is 3.33. The van der Waals surface area contributed by atoms with Gasteiger partial charge in [-0.15, -0.1) is 11.3 Å². The highest BCUT2D eigenvalue weighted by molar-refractivity contribution is 7.10. The second kappa shape index (κ2) is 2.54. The normalized spacial score (nSPS) is 22.9. The third-order valence-electron chi connectivity index (χ3n) is 1.56. The summed E-state index contributed by atoms with van der Waals surface area (Å²) in [6.45, 7) is 0.458. The Morgan fingerprint density at radius 3 is 3.18 bits per heavy atom. The Hall–Kier alpha value is -1.03. The first-order valence-corrected chi connectivity index (χ1v) is 4.21. The van der Waals surface area contributed by atoms with Gasteiger partial charge in [0.1, 0.15) is 12.6 Å². The zero-order chi connectivity index (χ0) is 7.68. The molecule has 58 valence electrons. The fraction of sp³-hybridized carbons (Fsp3) is 0.286. The highest BCUT2D eigenvalue weighted by Gasteiger charge is 2.23. The molecule has 1 atom stereocenters. The number of carbonyl (C=O) groups excluding carboxylic acids is 1. The molecule has 1 aliphatic heterocycles. The molecule has 0 aliphatic carbocycles. The Morgan fingerprint density at radius 2 is 2.64 bits per heavy atom. The highest BCUT2D eigenvalue weighted by Crippen LogP contribution is 2.22. The van der Waals surface area contributed by atoms with Gasteiger partial charge in [0, 0.05) is 4.88 Å². The average molecular weight is 169 g/mol. The minimum atomic E-state index is -0.316. The molecule has 0 radical (unpaired) electrons. The number of thiophene rings is 1. The fourth-order valence-corrected chi connectivity index (χ4v) is 1.79. The summed E-state index contributed by atoms with van der Waals surface area (Å²) in [6.07, 6.45) is -0.316. The van der Waals surface area contributed by atoms with Crippen LogP contribution in [0.2, 0.25) is 0 Å². The summed E-state index contributed by atoms with van der Waals surface area (Å²) in [7, 11) is 0. The van der Waals surface area contributed by atoms with Crippen molar-refractivity contribution in [2.45, 2.75) is 6.04 Å². The van der Waals surface area contributed by atoms with E-state index in [1.54, 1.807) is 11.3 Å². The van der Waals surface area contributed by atoms with Crippen molar-refractivity contribution in [1.29, 1.82) is 0 Å². The van der Waals surface area contributed by atoms with E-state index >= 15 is 0 Å². The lowest BCUT2D eigenvalue weighted by atomic mass is 10.3. The lowest BCUT2D eigenvalue weighted by Crippen LogP contribution is -2.17. The molecule has 0 aromatic carbocycles. The monoisotopic (exact) mass is 169 g/mol. The Bertz CT molecular complexity index is 257. The number of amides is 1. The van der Waals surface area contributed by atoms with Gasteiger partial charge in [0.2, 0.25) is 0 Å². The van der Waals surface area contributed by atoms with E-state index in [1.165, 1.54) is 0 Å². The van der Waals surface area contributed by atoms with Crippen LogP contribution in [0.25, 0.3) is 0 Å². The first-order chi connectivity index (χ1) is 5.36. The zero-order valence-corrected chi connectivity index (χ0v) is 6.56. The van der Waals surface area contributed by atoms with Gasteiger partial charge in [0.15, 0.2) is 0 Å². The molecule has 1 fully saturated rings. The third kappa shape index (κ3) is 1.21. The van der Waals surface area contributed by atoms with E-state index in [-0.39, 0.29) is 12.1 Å². The lowest BCUT2D eigenvalue weighted by molar-refractivity contribution is 0.177. The number of alkyl carbamates (subject to hydrolysis) is 1. The van der Waals surface area contributed by atoms with Gasteiger partial charge in [-0.3, -0.25) is 0 Å². The van der Waals surface area contributed by atoms with Crippen LogP contribution in [0.5, 0.6) is 0 Å². The van der Waals surface area contributed by atoms with Gasteiger partial charge >= 0.3 is 6.09 Å². The summed E-state index contributed by atoms with van der Waals surface area (Å²) in [5.41, 5.74) is 0. The van der Waals surface area contributed by atoms with Crippen molar-refractivity contribution in [3.63, 3.8) is 0 Å². The molecule has 1 aromatic heterocycles. The smallest absolute Gasteiger partial charge is 0.407 e. The molecule has 11 heavy (non-hydrogen) atoms. The predicted molar refractivity (Wildman–Crippen MR) is 41.5 cm³/mol. The SMILES string of the molecule is O=C1N[C@@H](c2cccs2)CO1. The molecule has 1 aliphatic rings. The predicted octanol–water partition coefficient (Wildman–Crippen LogP) is 1.53. The van der Waals surface area contributed by atoms with Crippen molar-refractivity contribution in [2.75, 3.05) is 6.61 Å². The molecular weight excluding hydrogens is 162 g/mol. The van der Waals surface area contributed by atoms with E-state index in [2.05, 4.69) is 5.32 Å². The van der Waals surface area contributed by atoms with Crippen molar-refractivity contribution in [1.82, 2.24) is 5.32 Å². The quantitative estimate of drug-likeness (QED) is 0.692. The largest absolute Gasteiger partial charge is 0.447 e. The minimum absolute atomic E-state index is 0.0718. The van der Waals surface area contributed by atoms with Crippen LogP contribution in [0.4, 0.5) is 4.79 Å².